The maximum absolute atomic E-state index is 12.3. The number of para-hydroxylation sites is 2. The van der Waals surface area contributed by atoms with Gasteiger partial charge in [-0.05, 0) is 37.8 Å². The lowest BCUT2D eigenvalue weighted by molar-refractivity contribution is -0.126. The molecule has 128 valence electrons. The molecular weight excluding hydrogens is 310 g/mol. The molecule has 0 atom stereocenters. The molecule has 1 aromatic carbocycles. The van der Waals surface area contributed by atoms with Crippen LogP contribution in [0.5, 0.6) is 5.75 Å². The van der Waals surface area contributed by atoms with Crippen molar-refractivity contribution in [3.05, 3.63) is 24.3 Å². The van der Waals surface area contributed by atoms with E-state index in [9.17, 15) is 14.4 Å². The van der Waals surface area contributed by atoms with Crippen LogP contribution in [0.25, 0.3) is 0 Å². The monoisotopic (exact) mass is 331 g/mol. The Kier molecular flexibility index (Phi) is 4.69. The van der Waals surface area contributed by atoms with Gasteiger partial charge in [0.1, 0.15) is 12.3 Å². The van der Waals surface area contributed by atoms with Gasteiger partial charge in [-0.2, -0.15) is 0 Å². The quantitative estimate of drug-likeness (QED) is 0.842. The van der Waals surface area contributed by atoms with Gasteiger partial charge < -0.3 is 15.8 Å². The molecule has 0 radical (unpaired) electrons. The van der Waals surface area contributed by atoms with Crippen LogP contribution in [0.1, 0.15) is 25.7 Å². The fraction of sp³-hybridized carbons (Fsp3) is 0.471. The van der Waals surface area contributed by atoms with E-state index in [0.29, 0.717) is 24.3 Å². The van der Waals surface area contributed by atoms with E-state index in [2.05, 4.69) is 5.32 Å². The van der Waals surface area contributed by atoms with Crippen LogP contribution in [0.2, 0.25) is 0 Å². The first-order chi connectivity index (χ1) is 11.5. The molecule has 0 unspecified atom stereocenters. The first-order valence-electron chi connectivity index (χ1n) is 8.15. The van der Waals surface area contributed by atoms with Crippen LogP contribution in [0.3, 0.4) is 0 Å². The molecule has 1 aromatic rings. The van der Waals surface area contributed by atoms with Gasteiger partial charge in [-0.3, -0.25) is 19.3 Å². The second kappa shape index (κ2) is 6.90. The normalized spacial score (nSPS) is 23.2. The summed E-state index contributed by atoms with van der Waals surface area (Å²) in [6, 6.07) is 7.19. The maximum Gasteiger partial charge on any atom is 0.265 e. The van der Waals surface area contributed by atoms with Gasteiger partial charge >= 0.3 is 0 Å². The van der Waals surface area contributed by atoms with Crippen molar-refractivity contribution in [2.75, 3.05) is 18.1 Å². The zero-order valence-corrected chi connectivity index (χ0v) is 13.4. The molecule has 1 aliphatic heterocycles. The van der Waals surface area contributed by atoms with Crippen molar-refractivity contribution in [3.8, 4) is 5.75 Å². The largest absolute Gasteiger partial charge is 0.482 e. The maximum atomic E-state index is 12.3. The van der Waals surface area contributed by atoms with Gasteiger partial charge in [-0.1, -0.05) is 12.1 Å². The van der Waals surface area contributed by atoms with E-state index in [1.807, 2.05) is 6.07 Å². The zero-order chi connectivity index (χ0) is 17.1. The minimum Gasteiger partial charge on any atom is -0.482 e. The third-order valence-corrected chi connectivity index (χ3v) is 4.60. The third kappa shape index (κ3) is 3.50. The molecule has 1 saturated carbocycles. The molecule has 1 aliphatic carbocycles. The van der Waals surface area contributed by atoms with Gasteiger partial charge in [0.2, 0.25) is 11.8 Å². The van der Waals surface area contributed by atoms with Crippen LogP contribution in [-0.4, -0.2) is 36.9 Å². The van der Waals surface area contributed by atoms with Gasteiger partial charge in [0.15, 0.2) is 6.61 Å². The molecule has 3 rings (SSSR count). The highest BCUT2D eigenvalue weighted by Crippen LogP contribution is 2.31. The van der Waals surface area contributed by atoms with Crippen LogP contribution in [0, 0.1) is 5.92 Å². The number of amides is 3. The Hall–Kier alpha value is -2.57. The fourth-order valence-corrected chi connectivity index (χ4v) is 3.27. The molecule has 3 N–H and O–H groups in total. The van der Waals surface area contributed by atoms with Crippen LogP contribution in [0.15, 0.2) is 24.3 Å². The number of fused-ring (bicyclic) bond motifs is 1. The number of hydrogen-bond donors (Lipinski definition) is 2. The third-order valence-electron chi connectivity index (χ3n) is 4.60. The summed E-state index contributed by atoms with van der Waals surface area (Å²) in [5.41, 5.74) is 5.93. The van der Waals surface area contributed by atoms with E-state index in [1.165, 1.54) is 4.90 Å². The molecule has 1 heterocycles. The second-order valence-corrected chi connectivity index (χ2v) is 6.25. The van der Waals surface area contributed by atoms with Crippen LogP contribution >= 0.6 is 0 Å². The van der Waals surface area contributed by atoms with Crippen LogP contribution in [0.4, 0.5) is 5.69 Å². The Morgan fingerprint density at radius 2 is 1.92 bits per heavy atom. The van der Waals surface area contributed by atoms with Crippen molar-refractivity contribution in [2.45, 2.75) is 31.7 Å². The summed E-state index contributed by atoms with van der Waals surface area (Å²) < 4.78 is 5.37. The molecule has 0 aromatic heterocycles. The van der Waals surface area contributed by atoms with E-state index in [-0.39, 0.29) is 42.8 Å². The number of anilines is 1. The highest BCUT2D eigenvalue weighted by atomic mass is 16.5. The van der Waals surface area contributed by atoms with Crippen molar-refractivity contribution in [1.29, 1.82) is 0 Å². The van der Waals surface area contributed by atoms with Gasteiger partial charge in [-0.25, -0.2) is 0 Å². The minimum atomic E-state index is -0.268. The molecule has 24 heavy (non-hydrogen) atoms. The van der Waals surface area contributed by atoms with Crippen molar-refractivity contribution in [3.63, 3.8) is 0 Å². The van der Waals surface area contributed by atoms with Gasteiger partial charge in [-0.15, -0.1) is 0 Å². The van der Waals surface area contributed by atoms with E-state index in [1.54, 1.807) is 18.2 Å². The number of ether oxygens (including phenoxy) is 1. The lowest BCUT2D eigenvalue weighted by atomic mass is 9.85. The summed E-state index contributed by atoms with van der Waals surface area (Å²) in [4.78, 5) is 37.0. The summed E-state index contributed by atoms with van der Waals surface area (Å²) in [7, 11) is 0. The summed E-state index contributed by atoms with van der Waals surface area (Å²) in [6.07, 6.45) is 2.85. The van der Waals surface area contributed by atoms with Crippen LogP contribution < -0.4 is 20.7 Å². The Morgan fingerprint density at radius 1 is 1.21 bits per heavy atom. The molecule has 7 nitrogen and oxygen atoms in total. The van der Waals surface area contributed by atoms with Crippen molar-refractivity contribution < 1.29 is 19.1 Å². The number of rotatable bonds is 4. The Bertz CT molecular complexity index is 653. The molecule has 1 fully saturated rings. The molecule has 3 amide bonds. The zero-order valence-electron chi connectivity index (χ0n) is 13.4. The predicted octanol–water partition coefficient (Wildman–Crippen LogP) is 0.572. The highest BCUT2D eigenvalue weighted by Gasteiger charge is 2.29. The fourth-order valence-electron chi connectivity index (χ4n) is 3.27. The number of primary amides is 1. The molecule has 0 spiro atoms. The highest BCUT2D eigenvalue weighted by molar-refractivity contribution is 6.02. The van der Waals surface area contributed by atoms with Crippen molar-refractivity contribution in [2.24, 2.45) is 11.7 Å². The molecule has 7 heteroatoms. The standard InChI is InChI=1S/C17H21N3O4/c18-17(23)11-5-7-12(8-6-11)19-15(21)9-20-13-3-1-2-4-14(13)24-10-16(20)22/h1-4,11-12H,5-10H2,(H2,18,23)(H,19,21). The SMILES string of the molecule is NC(=O)C1CCC(NC(=O)CN2C(=O)COc3ccccc32)CC1. The Morgan fingerprint density at radius 3 is 2.62 bits per heavy atom. The number of carbonyl (C=O) groups excluding carboxylic acids is 3. The average Bonchev–Trinajstić information content (AvgIpc) is 2.58. The van der Waals surface area contributed by atoms with E-state index in [0.717, 1.165) is 12.8 Å². The number of nitrogens with zero attached hydrogens (tertiary/aromatic N) is 1. The van der Waals surface area contributed by atoms with E-state index in [4.69, 9.17) is 10.5 Å². The lowest BCUT2D eigenvalue weighted by Crippen LogP contribution is -2.48. The Labute approximate surface area is 140 Å². The number of carbonyl (C=O) groups is 3. The smallest absolute Gasteiger partial charge is 0.265 e. The summed E-state index contributed by atoms with van der Waals surface area (Å²) in [5, 5.41) is 2.95. The number of hydrogen-bond acceptors (Lipinski definition) is 4. The second-order valence-electron chi connectivity index (χ2n) is 6.25. The van der Waals surface area contributed by atoms with Gasteiger partial charge in [0.05, 0.1) is 5.69 Å². The van der Waals surface area contributed by atoms with E-state index >= 15 is 0 Å². The lowest BCUT2D eigenvalue weighted by Gasteiger charge is -2.31. The van der Waals surface area contributed by atoms with Crippen molar-refractivity contribution in [1.82, 2.24) is 5.32 Å². The number of benzene rings is 1. The summed E-state index contributed by atoms with van der Waals surface area (Å²) in [5.74, 6) is -0.197. The topological polar surface area (TPSA) is 102 Å². The minimum absolute atomic E-state index is 0.0273. The number of nitrogens with one attached hydrogen (secondary N) is 1. The molecule has 0 saturated heterocycles. The summed E-state index contributed by atoms with van der Waals surface area (Å²) >= 11 is 0. The first-order valence-corrected chi connectivity index (χ1v) is 8.15. The van der Waals surface area contributed by atoms with E-state index < -0.39 is 0 Å². The van der Waals surface area contributed by atoms with Gasteiger partial charge in [0, 0.05) is 12.0 Å². The Balaban J connectivity index is 1.58. The van der Waals surface area contributed by atoms with Crippen molar-refractivity contribution >= 4 is 23.4 Å². The van der Waals surface area contributed by atoms with Crippen LogP contribution in [-0.2, 0) is 14.4 Å². The first kappa shape index (κ1) is 16.3. The molecular formula is C17H21N3O4. The summed E-state index contributed by atoms with van der Waals surface area (Å²) in [6.45, 7) is -0.0943. The average molecular weight is 331 g/mol. The van der Waals surface area contributed by atoms with Gasteiger partial charge in [0.25, 0.3) is 5.91 Å². The molecule has 0 bridgehead atoms. The predicted molar refractivity (Wildman–Crippen MR) is 87.4 cm³/mol. The molecule has 2 aliphatic rings. The number of nitrogens with two attached hydrogens (primary N) is 1.